The molecule has 1 aromatic carbocycles. The number of nitrogens with one attached hydrogen (secondary N) is 2. The minimum atomic E-state index is -0.515. The van der Waals surface area contributed by atoms with E-state index < -0.39 is 6.04 Å². The Labute approximate surface area is 147 Å². The van der Waals surface area contributed by atoms with Gasteiger partial charge in [-0.2, -0.15) is 0 Å². The number of hydrogen-bond donors (Lipinski definition) is 3. The predicted octanol–water partition coefficient (Wildman–Crippen LogP) is 3.33. The van der Waals surface area contributed by atoms with Crippen molar-refractivity contribution in [1.29, 1.82) is 0 Å². The average molecular weight is 352 g/mol. The van der Waals surface area contributed by atoms with E-state index in [-0.39, 0.29) is 30.0 Å². The van der Waals surface area contributed by atoms with Crippen LogP contribution in [0.3, 0.4) is 0 Å². The summed E-state index contributed by atoms with van der Waals surface area (Å²) in [5, 5.41) is 5.55. The molecule has 0 fully saturated rings. The molecular weight excluding hydrogens is 330 g/mol. The first kappa shape index (κ1) is 19.7. The molecule has 0 saturated carbocycles. The van der Waals surface area contributed by atoms with Crippen molar-refractivity contribution in [3.05, 3.63) is 47.9 Å². The second-order valence-corrected chi connectivity index (χ2v) is 5.35. The van der Waals surface area contributed by atoms with Gasteiger partial charge in [-0.15, -0.1) is 12.4 Å². The summed E-state index contributed by atoms with van der Waals surface area (Å²) < 4.78 is 5.05. The Morgan fingerprint density at radius 2 is 2.00 bits per heavy atom. The zero-order chi connectivity index (χ0) is 16.8. The highest BCUT2D eigenvalue weighted by atomic mass is 35.5. The van der Waals surface area contributed by atoms with Crippen LogP contribution in [0.15, 0.2) is 41.0 Å². The highest BCUT2D eigenvalue weighted by Gasteiger charge is 2.14. The SMILES string of the molecule is CCCC(N)C(=O)Nc1ccc(NC(=O)c2ccco2)c(C)c1.Cl. The number of anilines is 2. The lowest BCUT2D eigenvalue weighted by atomic mass is 10.1. The van der Waals surface area contributed by atoms with Crippen LogP contribution in [-0.4, -0.2) is 17.9 Å². The van der Waals surface area contributed by atoms with Crippen molar-refractivity contribution in [2.45, 2.75) is 32.7 Å². The maximum Gasteiger partial charge on any atom is 0.291 e. The number of halogens is 1. The molecule has 7 heteroatoms. The number of amides is 2. The fourth-order valence-electron chi connectivity index (χ4n) is 2.15. The molecule has 0 aliphatic heterocycles. The second-order valence-electron chi connectivity index (χ2n) is 5.35. The number of carbonyl (C=O) groups excluding carboxylic acids is 2. The molecule has 0 aliphatic carbocycles. The molecule has 1 unspecified atom stereocenters. The fraction of sp³-hybridized carbons (Fsp3) is 0.294. The van der Waals surface area contributed by atoms with Gasteiger partial charge in [0.1, 0.15) is 0 Å². The third-order valence-corrected chi connectivity index (χ3v) is 3.42. The number of carbonyl (C=O) groups is 2. The van der Waals surface area contributed by atoms with E-state index in [9.17, 15) is 9.59 Å². The van der Waals surface area contributed by atoms with Crippen LogP contribution in [0, 0.1) is 6.92 Å². The van der Waals surface area contributed by atoms with Crippen LogP contribution in [0.4, 0.5) is 11.4 Å². The first-order valence-corrected chi connectivity index (χ1v) is 7.53. The monoisotopic (exact) mass is 351 g/mol. The largest absolute Gasteiger partial charge is 0.459 e. The topological polar surface area (TPSA) is 97.4 Å². The van der Waals surface area contributed by atoms with Crippen molar-refractivity contribution in [2.75, 3.05) is 10.6 Å². The van der Waals surface area contributed by atoms with E-state index in [2.05, 4.69) is 10.6 Å². The maximum absolute atomic E-state index is 12.0. The third-order valence-electron chi connectivity index (χ3n) is 3.42. The molecule has 2 rings (SSSR count). The molecule has 1 heterocycles. The molecule has 6 nitrogen and oxygen atoms in total. The number of benzene rings is 1. The van der Waals surface area contributed by atoms with Crippen molar-refractivity contribution < 1.29 is 14.0 Å². The lowest BCUT2D eigenvalue weighted by Gasteiger charge is -2.13. The van der Waals surface area contributed by atoms with Gasteiger partial charge in [0.15, 0.2) is 5.76 Å². The molecule has 1 atom stereocenters. The van der Waals surface area contributed by atoms with E-state index in [0.29, 0.717) is 17.8 Å². The molecule has 0 aliphatic rings. The molecule has 2 aromatic rings. The summed E-state index contributed by atoms with van der Waals surface area (Å²) in [7, 11) is 0. The highest BCUT2D eigenvalue weighted by Crippen LogP contribution is 2.21. The smallest absolute Gasteiger partial charge is 0.291 e. The molecule has 0 saturated heterocycles. The van der Waals surface area contributed by atoms with E-state index in [1.807, 2.05) is 13.8 Å². The van der Waals surface area contributed by atoms with Gasteiger partial charge in [-0.1, -0.05) is 13.3 Å². The Kier molecular flexibility index (Phi) is 7.48. The van der Waals surface area contributed by atoms with Crippen LogP contribution in [0.2, 0.25) is 0 Å². The number of furan rings is 1. The highest BCUT2D eigenvalue weighted by molar-refractivity contribution is 6.03. The van der Waals surface area contributed by atoms with Gasteiger partial charge in [-0.3, -0.25) is 9.59 Å². The van der Waals surface area contributed by atoms with Gasteiger partial charge >= 0.3 is 0 Å². The van der Waals surface area contributed by atoms with E-state index in [4.69, 9.17) is 10.2 Å². The molecular formula is C17H22ClN3O3. The normalized spacial score (nSPS) is 11.3. The molecule has 0 radical (unpaired) electrons. The molecule has 130 valence electrons. The molecule has 0 spiro atoms. The van der Waals surface area contributed by atoms with Crippen molar-refractivity contribution in [3.8, 4) is 0 Å². The summed E-state index contributed by atoms with van der Waals surface area (Å²) >= 11 is 0. The van der Waals surface area contributed by atoms with Crippen molar-refractivity contribution >= 4 is 35.6 Å². The van der Waals surface area contributed by atoms with Gasteiger partial charge < -0.3 is 20.8 Å². The number of rotatable bonds is 6. The molecule has 1 aromatic heterocycles. The van der Waals surface area contributed by atoms with Crippen molar-refractivity contribution in [3.63, 3.8) is 0 Å². The van der Waals surface area contributed by atoms with Gasteiger partial charge in [0.05, 0.1) is 12.3 Å². The van der Waals surface area contributed by atoms with Gasteiger partial charge in [-0.05, 0) is 49.2 Å². The zero-order valence-electron chi connectivity index (χ0n) is 13.7. The van der Waals surface area contributed by atoms with Gasteiger partial charge in [0, 0.05) is 11.4 Å². The Balaban J connectivity index is 0.00000288. The number of aryl methyl sites for hydroxylation is 1. The van der Waals surface area contributed by atoms with Crippen LogP contribution in [0.25, 0.3) is 0 Å². The second kappa shape index (κ2) is 9.10. The Morgan fingerprint density at radius 3 is 2.58 bits per heavy atom. The standard InChI is InChI=1S/C17H21N3O3.ClH/c1-3-5-13(18)16(21)19-12-7-8-14(11(2)10-12)20-17(22)15-6-4-9-23-15;/h4,6-10,13H,3,5,18H2,1-2H3,(H,19,21)(H,20,22);1H. The molecule has 0 bridgehead atoms. The van der Waals surface area contributed by atoms with Crippen molar-refractivity contribution in [2.24, 2.45) is 5.73 Å². The zero-order valence-corrected chi connectivity index (χ0v) is 14.5. The van der Waals surface area contributed by atoms with Crippen molar-refractivity contribution in [1.82, 2.24) is 0 Å². The molecule has 4 N–H and O–H groups in total. The van der Waals surface area contributed by atoms with Crippen LogP contribution in [0.1, 0.15) is 35.9 Å². The summed E-state index contributed by atoms with van der Waals surface area (Å²) in [6, 6.07) is 7.97. The van der Waals surface area contributed by atoms with Crippen LogP contribution >= 0.6 is 12.4 Å². The van der Waals surface area contributed by atoms with Gasteiger partial charge in [-0.25, -0.2) is 0 Å². The third kappa shape index (κ3) is 5.11. The maximum atomic E-state index is 12.0. The number of nitrogens with two attached hydrogens (primary N) is 1. The summed E-state index contributed by atoms with van der Waals surface area (Å²) in [6.07, 6.45) is 2.94. The van der Waals surface area contributed by atoms with Crippen LogP contribution < -0.4 is 16.4 Å². The summed E-state index contributed by atoms with van der Waals surface area (Å²) in [5.41, 5.74) is 7.91. The minimum absolute atomic E-state index is 0. The van der Waals surface area contributed by atoms with Gasteiger partial charge in [0.2, 0.25) is 5.91 Å². The van der Waals surface area contributed by atoms with E-state index in [1.165, 1.54) is 6.26 Å². The van der Waals surface area contributed by atoms with Crippen LogP contribution in [-0.2, 0) is 4.79 Å². The Hall–Kier alpha value is -2.31. The lowest BCUT2D eigenvalue weighted by Crippen LogP contribution is -2.35. The Morgan fingerprint density at radius 1 is 1.25 bits per heavy atom. The summed E-state index contributed by atoms with van der Waals surface area (Å²) in [5.74, 6) is -0.286. The first-order chi connectivity index (χ1) is 11.0. The minimum Gasteiger partial charge on any atom is -0.459 e. The predicted molar refractivity (Wildman–Crippen MR) is 96.6 cm³/mol. The molecule has 2 amide bonds. The number of hydrogen-bond acceptors (Lipinski definition) is 4. The van der Waals surface area contributed by atoms with Crippen LogP contribution in [0.5, 0.6) is 0 Å². The van der Waals surface area contributed by atoms with E-state index in [1.54, 1.807) is 30.3 Å². The summed E-state index contributed by atoms with van der Waals surface area (Å²) in [4.78, 5) is 23.9. The quantitative estimate of drug-likeness (QED) is 0.743. The fourth-order valence-corrected chi connectivity index (χ4v) is 2.15. The van der Waals surface area contributed by atoms with E-state index in [0.717, 1.165) is 12.0 Å². The Bertz CT molecular complexity index is 686. The first-order valence-electron chi connectivity index (χ1n) is 7.53. The average Bonchev–Trinajstić information content (AvgIpc) is 3.04. The summed E-state index contributed by atoms with van der Waals surface area (Å²) in [6.45, 7) is 3.83. The molecule has 24 heavy (non-hydrogen) atoms. The van der Waals surface area contributed by atoms with Gasteiger partial charge in [0.25, 0.3) is 5.91 Å². The van der Waals surface area contributed by atoms with E-state index >= 15 is 0 Å². The lowest BCUT2D eigenvalue weighted by molar-refractivity contribution is -0.117.